The molecule has 1 atom stereocenters. The summed E-state index contributed by atoms with van der Waals surface area (Å²) in [4.78, 5) is 30.4. The number of ether oxygens (including phenoxy) is 4. The summed E-state index contributed by atoms with van der Waals surface area (Å²) >= 11 is 0. The van der Waals surface area contributed by atoms with E-state index >= 15 is 0 Å². The summed E-state index contributed by atoms with van der Waals surface area (Å²) in [7, 11) is 4.60. The average Bonchev–Trinajstić information content (AvgIpc) is 3.16. The zero-order valence-corrected chi connectivity index (χ0v) is 18.1. The van der Waals surface area contributed by atoms with Crippen molar-refractivity contribution < 1.29 is 28.8 Å². The lowest BCUT2D eigenvalue weighted by Crippen LogP contribution is -2.44. The van der Waals surface area contributed by atoms with E-state index in [1.807, 2.05) is 6.07 Å². The van der Waals surface area contributed by atoms with Crippen molar-refractivity contribution in [1.82, 2.24) is 9.55 Å². The molecule has 0 fully saturated rings. The van der Waals surface area contributed by atoms with E-state index in [0.29, 0.717) is 40.7 Å². The van der Waals surface area contributed by atoms with Gasteiger partial charge in [-0.25, -0.2) is 9.78 Å². The molecule has 2 aliphatic heterocycles. The predicted octanol–water partition coefficient (Wildman–Crippen LogP) is 2.11. The molecule has 5 rings (SSSR count). The summed E-state index contributed by atoms with van der Waals surface area (Å²) in [6.07, 6.45) is 0.0912. The quantitative estimate of drug-likeness (QED) is 0.483. The molecule has 166 valence electrons. The molecule has 0 saturated heterocycles. The number of methoxy groups -OCH3 is 3. The Hall–Kier alpha value is -3.59. The van der Waals surface area contributed by atoms with Crippen LogP contribution in [0.5, 0.6) is 17.2 Å². The Bertz CT molecular complexity index is 1360. The third-order valence-electron chi connectivity index (χ3n) is 6.32. The molecule has 3 aromatic rings. The van der Waals surface area contributed by atoms with Crippen LogP contribution in [0.1, 0.15) is 30.0 Å². The van der Waals surface area contributed by atoms with Crippen LogP contribution < -0.4 is 19.8 Å². The second-order valence-electron chi connectivity index (χ2n) is 7.81. The molecule has 0 bridgehead atoms. The minimum absolute atomic E-state index is 0.0912. The SMILES string of the molecule is CC[C@@]1(O)C(=O)OCc2c1cc1n(c2=O)Cc2cc3c(OC)c(OC)c(OC)cc3nc2-1. The smallest absolute Gasteiger partial charge is 0.343 e. The number of hydrogen-bond donors (Lipinski definition) is 1. The first kappa shape index (κ1) is 20.3. The summed E-state index contributed by atoms with van der Waals surface area (Å²) in [5, 5.41) is 11.7. The van der Waals surface area contributed by atoms with Crippen LogP contribution in [-0.4, -0.2) is 42.0 Å². The van der Waals surface area contributed by atoms with Crippen molar-refractivity contribution in [2.75, 3.05) is 21.3 Å². The molecule has 0 amide bonds. The molecule has 0 radical (unpaired) electrons. The van der Waals surface area contributed by atoms with Crippen LogP contribution in [0.25, 0.3) is 22.3 Å². The maximum Gasteiger partial charge on any atom is 0.343 e. The highest BCUT2D eigenvalue weighted by atomic mass is 16.6. The molecule has 0 spiro atoms. The number of nitrogens with zero attached hydrogens (tertiary/aromatic N) is 2. The molecule has 9 heteroatoms. The van der Waals surface area contributed by atoms with Crippen molar-refractivity contribution in [3.63, 3.8) is 0 Å². The van der Waals surface area contributed by atoms with Gasteiger partial charge in [0.05, 0.1) is 50.3 Å². The van der Waals surface area contributed by atoms with Crippen LogP contribution in [0.3, 0.4) is 0 Å². The van der Waals surface area contributed by atoms with Gasteiger partial charge in [0.15, 0.2) is 17.1 Å². The third-order valence-corrected chi connectivity index (χ3v) is 6.32. The van der Waals surface area contributed by atoms with Crippen molar-refractivity contribution in [3.8, 4) is 28.6 Å². The molecule has 1 aromatic carbocycles. The van der Waals surface area contributed by atoms with Gasteiger partial charge in [0.2, 0.25) is 5.75 Å². The molecular weight excluding hydrogens is 416 g/mol. The fourth-order valence-corrected chi connectivity index (χ4v) is 4.60. The second kappa shape index (κ2) is 6.96. The van der Waals surface area contributed by atoms with Gasteiger partial charge >= 0.3 is 5.97 Å². The Morgan fingerprint density at radius 2 is 1.88 bits per heavy atom. The number of carbonyl (C=O) groups excluding carboxylic acids is 1. The highest BCUT2D eigenvalue weighted by Crippen LogP contribution is 2.45. The summed E-state index contributed by atoms with van der Waals surface area (Å²) in [5.41, 5.74) is 0.966. The van der Waals surface area contributed by atoms with E-state index in [0.717, 1.165) is 10.9 Å². The number of hydrogen-bond acceptors (Lipinski definition) is 8. The maximum absolute atomic E-state index is 13.3. The lowest BCUT2D eigenvalue weighted by Gasteiger charge is -2.31. The van der Waals surface area contributed by atoms with Crippen LogP contribution in [-0.2, 0) is 28.3 Å². The highest BCUT2D eigenvalue weighted by molar-refractivity contribution is 5.93. The molecule has 9 nitrogen and oxygen atoms in total. The van der Waals surface area contributed by atoms with Crippen LogP contribution in [0.15, 0.2) is 23.0 Å². The first-order valence-corrected chi connectivity index (χ1v) is 10.2. The Labute approximate surface area is 183 Å². The number of carbonyl (C=O) groups is 1. The summed E-state index contributed by atoms with van der Waals surface area (Å²) < 4.78 is 23.2. The number of cyclic esters (lactones) is 1. The number of aliphatic hydroxyl groups is 1. The first-order chi connectivity index (χ1) is 15.4. The standard InChI is InChI=1S/C23H22N2O7/c1-5-23(28)14-7-16-18-11(9-25(16)21(26)13(14)10-32-22(23)27)6-12-15(24-18)8-17(29-2)20(31-4)19(12)30-3/h6-8,28H,5,9-10H2,1-4H3/t23-/m0/s1. The minimum Gasteiger partial charge on any atom is -0.493 e. The number of aromatic nitrogens is 2. The zero-order chi connectivity index (χ0) is 22.8. The van der Waals surface area contributed by atoms with E-state index in [4.69, 9.17) is 23.9 Å². The van der Waals surface area contributed by atoms with E-state index in [2.05, 4.69) is 0 Å². The van der Waals surface area contributed by atoms with Crippen molar-refractivity contribution in [1.29, 1.82) is 0 Å². The predicted molar refractivity (Wildman–Crippen MR) is 114 cm³/mol. The number of rotatable bonds is 4. The molecule has 0 unspecified atom stereocenters. The van der Waals surface area contributed by atoms with Crippen LogP contribution in [0.4, 0.5) is 0 Å². The van der Waals surface area contributed by atoms with E-state index < -0.39 is 11.6 Å². The number of esters is 1. The van der Waals surface area contributed by atoms with Gasteiger partial charge in [-0.15, -0.1) is 0 Å². The topological polar surface area (TPSA) is 109 Å². The van der Waals surface area contributed by atoms with Crippen molar-refractivity contribution in [2.45, 2.75) is 32.1 Å². The van der Waals surface area contributed by atoms with Crippen molar-refractivity contribution in [2.24, 2.45) is 0 Å². The Morgan fingerprint density at radius 1 is 1.12 bits per heavy atom. The molecule has 2 aliphatic rings. The first-order valence-electron chi connectivity index (χ1n) is 10.2. The number of fused-ring (bicyclic) bond motifs is 5. The van der Waals surface area contributed by atoms with Gasteiger partial charge in [0, 0.05) is 22.6 Å². The molecule has 32 heavy (non-hydrogen) atoms. The minimum atomic E-state index is -1.86. The Morgan fingerprint density at radius 3 is 2.53 bits per heavy atom. The largest absolute Gasteiger partial charge is 0.493 e. The van der Waals surface area contributed by atoms with Gasteiger partial charge in [0.1, 0.15) is 6.61 Å². The molecule has 0 aliphatic carbocycles. The second-order valence-corrected chi connectivity index (χ2v) is 7.81. The van der Waals surface area contributed by atoms with E-state index in [9.17, 15) is 14.7 Å². The van der Waals surface area contributed by atoms with Crippen LogP contribution >= 0.6 is 0 Å². The van der Waals surface area contributed by atoms with Crippen molar-refractivity contribution >= 4 is 16.9 Å². The van der Waals surface area contributed by atoms with Gasteiger partial charge in [-0.05, 0) is 18.6 Å². The lowest BCUT2D eigenvalue weighted by molar-refractivity contribution is -0.172. The maximum atomic E-state index is 13.3. The average molecular weight is 438 g/mol. The van der Waals surface area contributed by atoms with Crippen molar-refractivity contribution in [3.05, 3.63) is 45.2 Å². The van der Waals surface area contributed by atoms with E-state index in [1.165, 1.54) is 14.2 Å². The van der Waals surface area contributed by atoms with Gasteiger partial charge < -0.3 is 28.6 Å². The normalized spacial score (nSPS) is 18.6. The number of benzene rings is 1. The molecule has 4 heterocycles. The van der Waals surface area contributed by atoms with Crippen LogP contribution in [0.2, 0.25) is 0 Å². The monoisotopic (exact) mass is 438 g/mol. The fraction of sp³-hybridized carbons (Fsp3) is 0.348. The number of pyridine rings is 2. The molecular formula is C23H22N2O7. The van der Waals surface area contributed by atoms with Gasteiger partial charge in [-0.3, -0.25) is 4.79 Å². The summed E-state index contributed by atoms with van der Waals surface area (Å²) in [5.74, 6) is 0.659. The Kier molecular flexibility index (Phi) is 4.42. The van der Waals surface area contributed by atoms with E-state index in [-0.39, 0.29) is 29.7 Å². The van der Waals surface area contributed by atoms with Gasteiger partial charge in [0.25, 0.3) is 5.56 Å². The fourth-order valence-electron chi connectivity index (χ4n) is 4.60. The molecule has 2 aromatic heterocycles. The highest BCUT2D eigenvalue weighted by Gasteiger charge is 2.45. The van der Waals surface area contributed by atoms with E-state index in [1.54, 1.807) is 30.7 Å². The zero-order valence-electron chi connectivity index (χ0n) is 18.1. The molecule has 0 saturated carbocycles. The Balaban J connectivity index is 1.79. The summed E-state index contributed by atoms with van der Waals surface area (Å²) in [6.45, 7) is 1.81. The third kappa shape index (κ3) is 2.51. The van der Waals surface area contributed by atoms with Gasteiger partial charge in [-0.2, -0.15) is 0 Å². The summed E-state index contributed by atoms with van der Waals surface area (Å²) in [6, 6.07) is 5.34. The van der Waals surface area contributed by atoms with Crippen LogP contribution in [0, 0.1) is 0 Å². The molecule has 1 N–H and O–H groups in total. The van der Waals surface area contributed by atoms with Gasteiger partial charge in [-0.1, -0.05) is 6.92 Å². The lowest BCUT2D eigenvalue weighted by atomic mass is 9.86.